The average molecular weight is 286 g/mol. The first-order chi connectivity index (χ1) is 10.2. The third-order valence-corrected chi connectivity index (χ3v) is 3.30. The smallest absolute Gasteiger partial charge is 0.160 e. The molecule has 0 saturated heterocycles. The van der Waals surface area contributed by atoms with Crippen LogP contribution in [0.3, 0.4) is 0 Å². The molecule has 0 saturated carbocycles. The van der Waals surface area contributed by atoms with Gasteiger partial charge in [-0.2, -0.15) is 0 Å². The van der Waals surface area contributed by atoms with Gasteiger partial charge in [0.2, 0.25) is 0 Å². The summed E-state index contributed by atoms with van der Waals surface area (Å²) in [6.45, 7) is 3.80. The summed E-state index contributed by atoms with van der Waals surface area (Å²) in [4.78, 5) is 4.19. The van der Waals surface area contributed by atoms with Crippen molar-refractivity contribution in [3.8, 4) is 11.5 Å². The van der Waals surface area contributed by atoms with Crippen LogP contribution < -0.4 is 14.8 Å². The van der Waals surface area contributed by atoms with Crippen LogP contribution in [-0.2, 0) is 13.0 Å². The standard InChI is InChI=1S/C17H22N2O2/c1-13-8-15(12-19-10-13)11-18-7-6-14-4-5-16(20-2)17(9-14)21-3/h4-5,8-10,12,18H,6-7,11H2,1-3H3. The minimum absolute atomic E-state index is 0.764. The van der Waals surface area contributed by atoms with Gasteiger partial charge in [-0.1, -0.05) is 12.1 Å². The third kappa shape index (κ3) is 4.46. The molecule has 1 aromatic carbocycles. The van der Waals surface area contributed by atoms with E-state index < -0.39 is 0 Å². The lowest BCUT2D eigenvalue weighted by Crippen LogP contribution is -2.16. The predicted octanol–water partition coefficient (Wildman–Crippen LogP) is 2.74. The maximum atomic E-state index is 5.31. The molecule has 4 heteroatoms. The van der Waals surface area contributed by atoms with Gasteiger partial charge in [0.1, 0.15) is 0 Å². The van der Waals surface area contributed by atoms with Crippen LogP contribution in [0.4, 0.5) is 0 Å². The first-order valence-electron chi connectivity index (χ1n) is 7.05. The first kappa shape index (κ1) is 15.3. The summed E-state index contributed by atoms with van der Waals surface area (Å²) in [5.41, 5.74) is 3.62. The van der Waals surface area contributed by atoms with Crippen molar-refractivity contribution in [2.45, 2.75) is 19.9 Å². The summed E-state index contributed by atoms with van der Waals surface area (Å²) in [6.07, 6.45) is 4.71. The number of aryl methyl sites for hydroxylation is 1. The van der Waals surface area contributed by atoms with E-state index in [2.05, 4.69) is 29.4 Å². The highest BCUT2D eigenvalue weighted by Gasteiger charge is 2.04. The van der Waals surface area contributed by atoms with E-state index >= 15 is 0 Å². The lowest BCUT2D eigenvalue weighted by atomic mass is 10.1. The summed E-state index contributed by atoms with van der Waals surface area (Å²) in [5.74, 6) is 1.54. The zero-order chi connectivity index (χ0) is 15.1. The summed E-state index contributed by atoms with van der Waals surface area (Å²) in [7, 11) is 3.31. The topological polar surface area (TPSA) is 43.4 Å². The molecule has 21 heavy (non-hydrogen) atoms. The molecule has 4 nitrogen and oxygen atoms in total. The second-order valence-electron chi connectivity index (χ2n) is 4.99. The Morgan fingerprint density at radius 2 is 1.81 bits per heavy atom. The number of aromatic nitrogens is 1. The van der Waals surface area contributed by atoms with Crippen LogP contribution in [0.25, 0.3) is 0 Å². The number of benzene rings is 1. The van der Waals surface area contributed by atoms with Crippen LogP contribution >= 0.6 is 0 Å². The normalized spacial score (nSPS) is 10.4. The van der Waals surface area contributed by atoms with Crippen LogP contribution in [-0.4, -0.2) is 25.7 Å². The molecule has 0 atom stereocenters. The molecule has 0 spiro atoms. The number of ether oxygens (including phenoxy) is 2. The van der Waals surface area contributed by atoms with Crippen molar-refractivity contribution in [3.05, 3.63) is 53.3 Å². The average Bonchev–Trinajstić information content (AvgIpc) is 2.51. The molecular weight excluding hydrogens is 264 g/mol. The number of nitrogens with zero attached hydrogens (tertiary/aromatic N) is 1. The summed E-state index contributed by atoms with van der Waals surface area (Å²) in [5, 5.41) is 3.43. The van der Waals surface area contributed by atoms with Crippen molar-refractivity contribution >= 4 is 0 Å². The summed E-state index contributed by atoms with van der Waals surface area (Å²) >= 11 is 0. The van der Waals surface area contributed by atoms with Crippen molar-refractivity contribution in [2.24, 2.45) is 0 Å². The van der Waals surface area contributed by atoms with E-state index in [4.69, 9.17) is 9.47 Å². The monoisotopic (exact) mass is 286 g/mol. The molecule has 1 heterocycles. The highest BCUT2D eigenvalue weighted by molar-refractivity contribution is 5.42. The second kappa shape index (κ2) is 7.64. The number of methoxy groups -OCH3 is 2. The summed E-state index contributed by atoms with van der Waals surface area (Å²) in [6, 6.07) is 8.18. The lowest BCUT2D eigenvalue weighted by molar-refractivity contribution is 0.354. The highest BCUT2D eigenvalue weighted by Crippen LogP contribution is 2.27. The highest BCUT2D eigenvalue weighted by atomic mass is 16.5. The third-order valence-electron chi connectivity index (χ3n) is 3.30. The Kier molecular flexibility index (Phi) is 5.58. The van der Waals surface area contributed by atoms with E-state index in [1.54, 1.807) is 14.2 Å². The molecule has 2 rings (SSSR count). The Morgan fingerprint density at radius 3 is 2.52 bits per heavy atom. The molecular formula is C17H22N2O2. The van der Waals surface area contributed by atoms with Crippen molar-refractivity contribution in [1.82, 2.24) is 10.3 Å². The van der Waals surface area contributed by atoms with Crippen LogP contribution in [0.15, 0.2) is 36.7 Å². The van der Waals surface area contributed by atoms with Gasteiger partial charge in [0.15, 0.2) is 11.5 Å². The molecule has 0 aliphatic carbocycles. The quantitative estimate of drug-likeness (QED) is 0.795. The molecule has 0 aliphatic heterocycles. The fraction of sp³-hybridized carbons (Fsp3) is 0.353. The van der Waals surface area contributed by atoms with Crippen LogP contribution in [0, 0.1) is 6.92 Å². The Labute approximate surface area is 126 Å². The first-order valence-corrected chi connectivity index (χ1v) is 7.05. The van der Waals surface area contributed by atoms with Gasteiger partial charge in [-0.05, 0) is 48.7 Å². The van der Waals surface area contributed by atoms with Crippen molar-refractivity contribution < 1.29 is 9.47 Å². The van der Waals surface area contributed by atoms with Gasteiger partial charge in [-0.3, -0.25) is 4.98 Å². The number of hydrogen-bond acceptors (Lipinski definition) is 4. The van der Waals surface area contributed by atoms with E-state index in [1.807, 2.05) is 24.5 Å². The van der Waals surface area contributed by atoms with E-state index in [0.717, 1.165) is 31.0 Å². The SMILES string of the molecule is COc1ccc(CCNCc2cncc(C)c2)cc1OC. The van der Waals surface area contributed by atoms with E-state index in [-0.39, 0.29) is 0 Å². The van der Waals surface area contributed by atoms with Crippen LogP contribution in [0.5, 0.6) is 11.5 Å². The van der Waals surface area contributed by atoms with Gasteiger partial charge >= 0.3 is 0 Å². The number of pyridine rings is 1. The molecule has 112 valence electrons. The predicted molar refractivity (Wildman–Crippen MR) is 83.9 cm³/mol. The Bertz CT molecular complexity index is 585. The zero-order valence-corrected chi connectivity index (χ0v) is 12.8. The molecule has 0 amide bonds. The van der Waals surface area contributed by atoms with Gasteiger partial charge in [-0.25, -0.2) is 0 Å². The molecule has 0 fully saturated rings. The fourth-order valence-electron chi connectivity index (χ4n) is 2.22. The fourth-order valence-corrected chi connectivity index (χ4v) is 2.22. The molecule has 1 aromatic heterocycles. The van der Waals surface area contributed by atoms with Crippen LogP contribution in [0.2, 0.25) is 0 Å². The van der Waals surface area contributed by atoms with Gasteiger partial charge in [0.25, 0.3) is 0 Å². The molecule has 0 aliphatic rings. The second-order valence-corrected chi connectivity index (χ2v) is 4.99. The molecule has 1 N–H and O–H groups in total. The maximum absolute atomic E-state index is 5.31. The van der Waals surface area contributed by atoms with Gasteiger partial charge in [-0.15, -0.1) is 0 Å². The number of hydrogen-bond donors (Lipinski definition) is 1. The Hall–Kier alpha value is -2.07. The molecule has 0 unspecified atom stereocenters. The van der Waals surface area contributed by atoms with E-state index in [0.29, 0.717) is 0 Å². The van der Waals surface area contributed by atoms with Crippen molar-refractivity contribution in [1.29, 1.82) is 0 Å². The van der Waals surface area contributed by atoms with E-state index in [9.17, 15) is 0 Å². The largest absolute Gasteiger partial charge is 0.493 e. The van der Waals surface area contributed by atoms with E-state index in [1.165, 1.54) is 16.7 Å². The summed E-state index contributed by atoms with van der Waals surface area (Å²) < 4.78 is 10.6. The minimum Gasteiger partial charge on any atom is -0.493 e. The molecule has 0 radical (unpaired) electrons. The molecule has 2 aromatic rings. The Balaban J connectivity index is 1.83. The van der Waals surface area contributed by atoms with Crippen molar-refractivity contribution in [3.63, 3.8) is 0 Å². The number of nitrogens with one attached hydrogen (secondary N) is 1. The molecule has 0 bridgehead atoms. The maximum Gasteiger partial charge on any atom is 0.160 e. The lowest BCUT2D eigenvalue weighted by Gasteiger charge is -2.10. The van der Waals surface area contributed by atoms with Crippen molar-refractivity contribution in [2.75, 3.05) is 20.8 Å². The Morgan fingerprint density at radius 1 is 1.00 bits per heavy atom. The van der Waals surface area contributed by atoms with Gasteiger partial charge in [0, 0.05) is 18.9 Å². The van der Waals surface area contributed by atoms with Crippen LogP contribution in [0.1, 0.15) is 16.7 Å². The zero-order valence-electron chi connectivity index (χ0n) is 12.8. The van der Waals surface area contributed by atoms with Gasteiger partial charge in [0.05, 0.1) is 14.2 Å². The van der Waals surface area contributed by atoms with Gasteiger partial charge < -0.3 is 14.8 Å². The minimum atomic E-state index is 0.764. The number of rotatable bonds is 7.